The van der Waals surface area contributed by atoms with Crippen molar-refractivity contribution in [3.8, 4) is 0 Å². The average Bonchev–Trinajstić information content (AvgIpc) is 3.18. The summed E-state index contributed by atoms with van der Waals surface area (Å²) in [5, 5.41) is 2.74. The van der Waals surface area contributed by atoms with Crippen LogP contribution in [-0.2, 0) is 21.2 Å². The smallest absolute Gasteiger partial charge is 0.239 e. The number of hydrazine groups is 1. The highest BCUT2D eigenvalue weighted by atomic mass is 79.9. The van der Waals surface area contributed by atoms with Crippen LogP contribution in [-0.4, -0.2) is 50.1 Å². The van der Waals surface area contributed by atoms with Gasteiger partial charge in [0, 0.05) is 19.1 Å². The van der Waals surface area contributed by atoms with Crippen LogP contribution in [0.5, 0.6) is 0 Å². The lowest BCUT2D eigenvalue weighted by Gasteiger charge is -2.21. The molecule has 2 aliphatic rings. The van der Waals surface area contributed by atoms with E-state index in [-0.39, 0.29) is 29.1 Å². The first-order valence-corrected chi connectivity index (χ1v) is 11.3. The first kappa shape index (κ1) is 19.6. The van der Waals surface area contributed by atoms with E-state index in [4.69, 9.17) is 0 Å². The molecule has 3 atom stereocenters. The second kappa shape index (κ2) is 7.84. The summed E-state index contributed by atoms with van der Waals surface area (Å²) in [5.74, 6) is 0.0353. The number of sulfonamides is 1. The van der Waals surface area contributed by atoms with Gasteiger partial charge in [-0.05, 0) is 24.0 Å². The maximum Gasteiger partial charge on any atom is 0.239 e. The van der Waals surface area contributed by atoms with E-state index in [0.29, 0.717) is 12.5 Å². The van der Waals surface area contributed by atoms with Crippen molar-refractivity contribution in [2.24, 2.45) is 5.92 Å². The molecule has 1 aromatic carbocycles. The predicted octanol–water partition coefficient (Wildman–Crippen LogP) is 0.760. The van der Waals surface area contributed by atoms with Crippen molar-refractivity contribution in [1.82, 2.24) is 16.2 Å². The quantitative estimate of drug-likeness (QED) is 0.563. The first-order valence-electron chi connectivity index (χ1n) is 8.82. The standard InChI is InChI=1S/C17H25BrN4O3S/c1-11(2)15-14(18)16(21-20-15)17(23)19-8-10-26(24,25)22-9-7-12-5-3-4-6-13(12)22/h3-6,11,14-16,20-21H,7-10H2,1-2H3,(H,19,23). The summed E-state index contributed by atoms with van der Waals surface area (Å²) in [6.07, 6.45) is 0.723. The number of carbonyl (C=O) groups excluding carboxylic acids is 1. The molecule has 0 spiro atoms. The number of anilines is 1. The number of fused-ring (bicyclic) bond motifs is 1. The molecule has 1 aromatic rings. The summed E-state index contributed by atoms with van der Waals surface area (Å²) >= 11 is 3.56. The minimum absolute atomic E-state index is 0.0513. The molecule has 0 aromatic heterocycles. The topological polar surface area (TPSA) is 90.5 Å². The van der Waals surface area contributed by atoms with Gasteiger partial charge in [0.15, 0.2) is 0 Å². The molecule has 1 saturated heterocycles. The van der Waals surface area contributed by atoms with Crippen LogP contribution in [0.25, 0.3) is 0 Å². The average molecular weight is 445 g/mol. The SMILES string of the molecule is CC(C)C1NNC(C(=O)NCCS(=O)(=O)N2CCc3ccccc32)C1Br. The van der Waals surface area contributed by atoms with E-state index in [9.17, 15) is 13.2 Å². The molecule has 1 amide bonds. The third kappa shape index (κ3) is 3.90. The Labute approximate surface area is 163 Å². The molecule has 0 saturated carbocycles. The van der Waals surface area contributed by atoms with Crippen molar-refractivity contribution < 1.29 is 13.2 Å². The molecule has 0 radical (unpaired) electrons. The van der Waals surface area contributed by atoms with Crippen LogP contribution in [0.4, 0.5) is 5.69 Å². The fourth-order valence-electron chi connectivity index (χ4n) is 3.42. The molecule has 7 nitrogen and oxygen atoms in total. The lowest BCUT2D eigenvalue weighted by molar-refractivity contribution is -0.122. The molecule has 0 bridgehead atoms. The van der Waals surface area contributed by atoms with Gasteiger partial charge in [-0.1, -0.05) is 48.0 Å². The zero-order chi connectivity index (χ0) is 18.9. The summed E-state index contributed by atoms with van der Waals surface area (Å²) in [6, 6.07) is 7.24. The Bertz CT molecular complexity index is 771. The molecule has 9 heteroatoms. The number of amides is 1. The Kier molecular flexibility index (Phi) is 5.91. The molecule has 1 fully saturated rings. The molecular formula is C17H25BrN4O3S. The van der Waals surface area contributed by atoms with Crippen molar-refractivity contribution >= 4 is 37.5 Å². The van der Waals surface area contributed by atoms with Gasteiger partial charge in [-0.2, -0.15) is 0 Å². The van der Waals surface area contributed by atoms with Crippen molar-refractivity contribution in [2.75, 3.05) is 23.1 Å². The largest absolute Gasteiger partial charge is 0.354 e. The molecule has 0 aliphatic carbocycles. The Morgan fingerprint density at radius 1 is 1.35 bits per heavy atom. The predicted molar refractivity (Wildman–Crippen MR) is 106 cm³/mol. The summed E-state index contributed by atoms with van der Waals surface area (Å²) in [7, 11) is -3.46. The molecular weight excluding hydrogens is 420 g/mol. The monoisotopic (exact) mass is 444 g/mol. The number of alkyl halides is 1. The third-order valence-electron chi connectivity index (χ3n) is 4.91. The minimum atomic E-state index is -3.46. The second-order valence-corrected chi connectivity index (χ2v) is 10.1. The van der Waals surface area contributed by atoms with Crippen molar-refractivity contribution in [3.05, 3.63) is 29.8 Å². The number of rotatable bonds is 6. The van der Waals surface area contributed by atoms with Gasteiger partial charge < -0.3 is 5.32 Å². The number of hydrogen-bond donors (Lipinski definition) is 3. The van der Waals surface area contributed by atoms with Gasteiger partial charge in [0.05, 0.1) is 16.3 Å². The normalized spacial score (nSPS) is 25.5. The van der Waals surface area contributed by atoms with Crippen molar-refractivity contribution in [3.63, 3.8) is 0 Å². The Morgan fingerprint density at radius 2 is 2.08 bits per heavy atom. The van der Waals surface area contributed by atoms with Crippen LogP contribution in [0, 0.1) is 5.92 Å². The molecule has 2 heterocycles. The summed E-state index contributed by atoms with van der Waals surface area (Å²) in [4.78, 5) is 12.3. The van der Waals surface area contributed by atoms with Gasteiger partial charge in [0.25, 0.3) is 0 Å². The molecule has 2 aliphatic heterocycles. The Hall–Kier alpha value is -1.16. The van der Waals surface area contributed by atoms with Gasteiger partial charge in [0.1, 0.15) is 6.04 Å². The van der Waals surface area contributed by atoms with Crippen molar-refractivity contribution in [2.45, 2.75) is 37.2 Å². The highest BCUT2D eigenvalue weighted by Crippen LogP contribution is 2.29. The van der Waals surface area contributed by atoms with Gasteiger partial charge in [0.2, 0.25) is 15.9 Å². The summed E-state index contributed by atoms with van der Waals surface area (Å²) in [6.45, 7) is 4.70. The van der Waals surface area contributed by atoms with Gasteiger partial charge >= 0.3 is 0 Å². The fraction of sp³-hybridized carbons (Fsp3) is 0.588. The van der Waals surface area contributed by atoms with E-state index in [1.807, 2.05) is 24.3 Å². The van der Waals surface area contributed by atoms with E-state index < -0.39 is 16.1 Å². The molecule has 3 N–H and O–H groups in total. The Balaban J connectivity index is 1.54. The summed E-state index contributed by atoms with van der Waals surface area (Å²) < 4.78 is 26.7. The van der Waals surface area contributed by atoms with Gasteiger partial charge in [-0.15, -0.1) is 0 Å². The number of nitrogens with one attached hydrogen (secondary N) is 3. The van der Waals surface area contributed by atoms with Crippen molar-refractivity contribution in [1.29, 1.82) is 0 Å². The minimum Gasteiger partial charge on any atom is -0.354 e. The second-order valence-electron chi connectivity index (χ2n) is 7.04. The van der Waals surface area contributed by atoms with E-state index in [0.717, 1.165) is 17.7 Å². The number of nitrogens with zero attached hydrogens (tertiary/aromatic N) is 1. The van der Waals surface area contributed by atoms with Crippen LogP contribution in [0.15, 0.2) is 24.3 Å². The number of halogens is 1. The Morgan fingerprint density at radius 3 is 2.77 bits per heavy atom. The first-order chi connectivity index (χ1) is 12.3. The number of carbonyl (C=O) groups is 1. The number of hydrogen-bond acceptors (Lipinski definition) is 5. The van der Waals surface area contributed by atoms with E-state index in [1.165, 1.54) is 4.31 Å². The number of para-hydroxylation sites is 1. The van der Waals surface area contributed by atoms with E-state index >= 15 is 0 Å². The van der Waals surface area contributed by atoms with Crippen LogP contribution < -0.4 is 20.5 Å². The molecule has 144 valence electrons. The van der Waals surface area contributed by atoms with Crippen LogP contribution in [0.1, 0.15) is 19.4 Å². The summed E-state index contributed by atoms with van der Waals surface area (Å²) in [5.41, 5.74) is 7.89. The van der Waals surface area contributed by atoms with E-state index in [2.05, 4.69) is 45.9 Å². The van der Waals surface area contributed by atoms with Crippen LogP contribution in [0.2, 0.25) is 0 Å². The fourth-order valence-corrected chi connectivity index (χ4v) is 5.96. The number of benzene rings is 1. The maximum absolute atomic E-state index is 12.6. The third-order valence-corrected chi connectivity index (χ3v) is 7.78. The highest BCUT2D eigenvalue weighted by Gasteiger charge is 2.39. The van der Waals surface area contributed by atoms with Crippen LogP contribution >= 0.6 is 15.9 Å². The van der Waals surface area contributed by atoms with E-state index in [1.54, 1.807) is 0 Å². The molecule has 26 heavy (non-hydrogen) atoms. The zero-order valence-electron chi connectivity index (χ0n) is 14.9. The van der Waals surface area contributed by atoms with Gasteiger partial charge in [-0.25, -0.2) is 13.8 Å². The lowest BCUT2D eigenvalue weighted by atomic mass is 9.99. The lowest BCUT2D eigenvalue weighted by Crippen LogP contribution is -2.47. The van der Waals surface area contributed by atoms with Crippen LogP contribution in [0.3, 0.4) is 0 Å². The zero-order valence-corrected chi connectivity index (χ0v) is 17.3. The van der Waals surface area contributed by atoms with Gasteiger partial charge in [-0.3, -0.25) is 14.5 Å². The highest BCUT2D eigenvalue weighted by molar-refractivity contribution is 9.09. The maximum atomic E-state index is 12.6. The molecule has 3 unspecified atom stereocenters. The molecule has 3 rings (SSSR count).